The van der Waals surface area contributed by atoms with Crippen molar-refractivity contribution in [2.45, 2.75) is 26.3 Å². The fourth-order valence-corrected chi connectivity index (χ4v) is 3.67. The standard InChI is InChI=1S/C19H18N2O2S/c1-4-10-21-17(11-13-8-6-7-9-16(13)23-3)20-18-15(19(21)22)12-14(5-2)24-18/h1,6-9,12H,5,10-11H2,2-3H3. The monoisotopic (exact) mass is 338 g/mol. The van der Waals surface area contributed by atoms with E-state index in [4.69, 9.17) is 16.1 Å². The highest BCUT2D eigenvalue weighted by molar-refractivity contribution is 7.18. The van der Waals surface area contributed by atoms with Gasteiger partial charge in [-0.25, -0.2) is 4.98 Å². The molecule has 0 saturated carbocycles. The zero-order valence-corrected chi connectivity index (χ0v) is 14.5. The second-order valence-corrected chi connectivity index (χ2v) is 6.51. The van der Waals surface area contributed by atoms with Crippen LogP contribution in [0.1, 0.15) is 23.2 Å². The minimum absolute atomic E-state index is 0.0706. The molecule has 0 fully saturated rings. The molecule has 0 unspecified atom stereocenters. The van der Waals surface area contributed by atoms with E-state index in [0.717, 1.165) is 27.4 Å². The molecule has 0 spiro atoms. The van der Waals surface area contributed by atoms with Crippen molar-refractivity contribution >= 4 is 21.6 Å². The lowest BCUT2D eigenvalue weighted by Gasteiger charge is -2.12. The lowest BCUT2D eigenvalue weighted by Crippen LogP contribution is -2.24. The van der Waals surface area contributed by atoms with Crippen molar-refractivity contribution in [2.75, 3.05) is 7.11 Å². The molecule has 122 valence electrons. The van der Waals surface area contributed by atoms with Gasteiger partial charge in [-0.1, -0.05) is 31.0 Å². The molecule has 0 saturated heterocycles. The van der Waals surface area contributed by atoms with Crippen molar-refractivity contribution in [3.05, 3.63) is 57.0 Å². The number of aryl methyl sites for hydroxylation is 1. The molecule has 0 aliphatic heterocycles. The van der Waals surface area contributed by atoms with Gasteiger partial charge in [-0.2, -0.15) is 0 Å². The summed E-state index contributed by atoms with van der Waals surface area (Å²) in [6.45, 7) is 2.28. The van der Waals surface area contributed by atoms with Crippen molar-refractivity contribution in [3.63, 3.8) is 0 Å². The maximum absolute atomic E-state index is 12.8. The lowest BCUT2D eigenvalue weighted by molar-refractivity contribution is 0.410. The predicted octanol–water partition coefficient (Wildman–Crippen LogP) is 3.25. The second kappa shape index (κ2) is 6.90. The molecule has 0 radical (unpaired) electrons. The number of hydrogen-bond donors (Lipinski definition) is 0. The number of rotatable bonds is 5. The van der Waals surface area contributed by atoms with Crippen molar-refractivity contribution < 1.29 is 4.74 Å². The molecule has 5 heteroatoms. The molecule has 0 aliphatic rings. The Hall–Kier alpha value is -2.58. The first-order valence-corrected chi connectivity index (χ1v) is 8.57. The van der Waals surface area contributed by atoms with Crippen LogP contribution < -0.4 is 10.3 Å². The second-order valence-electron chi connectivity index (χ2n) is 5.40. The van der Waals surface area contributed by atoms with Crippen LogP contribution in [-0.2, 0) is 19.4 Å². The zero-order valence-electron chi connectivity index (χ0n) is 13.7. The number of methoxy groups -OCH3 is 1. The van der Waals surface area contributed by atoms with Gasteiger partial charge in [-0.3, -0.25) is 9.36 Å². The van der Waals surface area contributed by atoms with Crippen LogP contribution in [0.5, 0.6) is 5.75 Å². The molecule has 0 N–H and O–H groups in total. The maximum Gasteiger partial charge on any atom is 0.263 e. The molecule has 4 nitrogen and oxygen atoms in total. The van der Waals surface area contributed by atoms with Gasteiger partial charge >= 0.3 is 0 Å². The molecule has 0 amide bonds. The van der Waals surface area contributed by atoms with Crippen LogP contribution in [0.4, 0.5) is 0 Å². The Morgan fingerprint density at radius 2 is 2.17 bits per heavy atom. The van der Waals surface area contributed by atoms with E-state index in [2.05, 4.69) is 12.8 Å². The Balaban J connectivity index is 2.17. The largest absolute Gasteiger partial charge is 0.496 e. The van der Waals surface area contributed by atoms with Gasteiger partial charge in [0.2, 0.25) is 0 Å². The van der Waals surface area contributed by atoms with E-state index in [1.807, 2.05) is 30.3 Å². The number of terminal acetylenes is 1. The lowest BCUT2D eigenvalue weighted by atomic mass is 10.1. The summed E-state index contributed by atoms with van der Waals surface area (Å²) < 4.78 is 6.99. The topological polar surface area (TPSA) is 44.1 Å². The SMILES string of the molecule is C#CCn1c(Cc2ccccc2OC)nc2sc(CC)cc2c1=O. The summed E-state index contributed by atoms with van der Waals surface area (Å²) in [6.07, 6.45) is 6.85. The number of fused-ring (bicyclic) bond motifs is 1. The molecule has 1 aromatic carbocycles. The highest BCUT2D eigenvalue weighted by Gasteiger charge is 2.15. The average Bonchev–Trinajstić information content (AvgIpc) is 3.02. The van der Waals surface area contributed by atoms with Gasteiger partial charge < -0.3 is 4.74 Å². The average molecular weight is 338 g/mol. The Morgan fingerprint density at radius 3 is 2.88 bits per heavy atom. The molecular formula is C19H18N2O2S. The summed E-state index contributed by atoms with van der Waals surface area (Å²) in [6, 6.07) is 9.66. The number of benzene rings is 1. The molecular weight excluding hydrogens is 320 g/mol. The summed E-state index contributed by atoms with van der Waals surface area (Å²) in [7, 11) is 1.64. The van der Waals surface area contributed by atoms with E-state index in [-0.39, 0.29) is 12.1 Å². The Labute approximate surface area is 144 Å². The van der Waals surface area contributed by atoms with E-state index in [1.165, 1.54) is 0 Å². The van der Waals surface area contributed by atoms with Crippen LogP contribution in [0.15, 0.2) is 35.1 Å². The zero-order chi connectivity index (χ0) is 17.1. The summed E-state index contributed by atoms with van der Waals surface area (Å²) >= 11 is 1.57. The first-order valence-electron chi connectivity index (χ1n) is 7.75. The minimum Gasteiger partial charge on any atom is -0.496 e. The van der Waals surface area contributed by atoms with Gasteiger partial charge in [0.15, 0.2) is 0 Å². The van der Waals surface area contributed by atoms with Gasteiger partial charge in [-0.15, -0.1) is 17.8 Å². The fraction of sp³-hybridized carbons (Fsp3) is 0.263. The fourth-order valence-electron chi connectivity index (χ4n) is 2.69. The van der Waals surface area contributed by atoms with Crippen molar-refractivity contribution in [1.82, 2.24) is 9.55 Å². The summed E-state index contributed by atoms with van der Waals surface area (Å²) in [5, 5.41) is 0.649. The van der Waals surface area contributed by atoms with Crippen LogP contribution in [0.2, 0.25) is 0 Å². The smallest absolute Gasteiger partial charge is 0.263 e. The molecule has 3 rings (SSSR count). The number of ether oxygens (including phenoxy) is 1. The third-order valence-corrected chi connectivity index (χ3v) is 5.09. The van der Waals surface area contributed by atoms with E-state index in [1.54, 1.807) is 23.0 Å². The number of nitrogens with zero attached hydrogens (tertiary/aromatic N) is 2. The van der Waals surface area contributed by atoms with Crippen molar-refractivity contribution in [3.8, 4) is 18.1 Å². The van der Waals surface area contributed by atoms with Gasteiger partial charge in [0.1, 0.15) is 16.4 Å². The summed E-state index contributed by atoms with van der Waals surface area (Å²) in [4.78, 5) is 19.5. The third-order valence-electron chi connectivity index (χ3n) is 3.92. The van der Waals surface area contributed by atoms with Crippen LogP contribution in [-0.4, -0.2) is 16.7 Å². The van der Waals surface area contributed by atoms with Crippen molar-refractivity contribution in [1.29, 1.82) is 0 Å². The van der Waals surface area contributed by atoms with Crippen LogP contribution in [0.3, 0.4) is 0 Å². The number of thiophene rings is 1. The predicted molar refractivity (Wildman–Crippen MR) is 97.9 cm³/mol. The van der Waals surface area contributed by atoms with Gasteiger partial charge in [-0.05, 0) is 18.6 Å². The Morgan fingerprint density at radius 1 is 1.38 bits per heavy atom. The van der Waals surface area contributed by atoms with Crippen LogP contribution in [0.25, 0.3) is 10.2 Å². The van der Waals surface area contributed by atoms with Gasteiger partial charge in [0.25, 0.3) is 5.56 Å². The van der Waals surface area contributed by atoms with E-state index in [9.17, 15) is 4.79 Å². The summed E-state index contributed by atoms with van der Waals surface area (Å²) in [5.41, 5.74) is 0.906. The van der Waals surface area contributed by atoms with Crippen LogP contribution in [0, 0.1) is 12.3 Å². The Bertz CT molecular complexity index is 979. The third kappa shape index (κ3) is 2.93. The molecule has 24 heavy (non-hydrogen) atoms. The highest BCUT2D eigenvalue weighted by atomic mass is 32.1. The maximum atomic E-state index is 12.8. The molecule has 3 aromatic rings. The minimum atomic E-state index is -0.0706. The first kappa shape index (κ1) is 16.3. The first-order chi connectivity index (χ1) is 11.7. The molecule has 0 atom stereocenters. The number of aromatic nitrogens is 2. The molecule has 2 aromatic heterocycles. The normalized spacial score (nSPS) is 10.7. The van der Waals surface area contributed by atoms with Crippen LogP contribution >= 0.6 is 11.3 Å². The van der Waals surface area contributed by atoms with Crippen molar-refractivity contribution in [2.24, 2.45) is 0 Å². The van der Waals surface area contributed by atoms with E-state index < -0.39 is 0 Å². The number of para-hydroxylation sites is 1. The van der Waals surface area contributed by atoms with E-state index >= 15 is 0 Å². The quantitative estimate of drug-likeness (QED) is 0.671. The van der Waals surface area contributed by atoms with Gasteiger partial charge in [0.05, 0.1) is 19.0 Å². The number of hydrogen-bond acceptors (Lipinski definition) is 4. The summed E-state index contributed by atoms with van der Waals surface area (Å²) in [5.74, 6) is 4.00. The highest BCUT2D eigenvalue weighted by Crippen LogP contribution is 2.24. The molecule has 0 bridgehead atoms. The molecule has 0 aliphatic carbocycles. The van der Waals surface area contributed by atoms with Gasteiger partial charge in [0, 0.05) is 16.9 Å². The Kier molecular flexibility index (Phi) is 4.68. The van der Waals surface area contributed by atoms with E-state index in [0.29, 0.717) is 17.6 Å². The molecule has 2 heterocycles.